The Morgan fingerprint density at radius 1 is 1.32 bits per heavy atom. The van der Waals surface area contributed by atoms with Crippen LogP contribution in [0.25, 0.3) is 11.0 Å². The molecular weight excluding hydrogens is 480 g/mol. The van der Waals surface area contributed by atoms with Crippen LogP contribution in [0.2, 0.25) is 0 Å². The topological polar surface area (TPSA) is 130 Å². The molecule has 13 heteroatoms. The molecule has 2 aromatic rings. The zero-order valence-corrected chi connectivity index (χ0v) is 20.9. The van der Waals surface area contributed by atoms with Gasteiger partial charge >= 0.3 is 11.9 Å². The van der Waals surface area contributed by atoms with Crippen LogP contribution < -0.4 is 15.6 Å². The van der Waals surface area contributed by atoms with Gasteiger partial charge in [-0.2, -0.15) is 16.7 Å². The van der Waals surface area contributed by atoms with Gasteiger partial charge in [0.05, 0.1) is 12.5 Å². The molecule has 1 atom stereocenters. The first-order chi connectivity index (χ1) is 16.3. The molecule has 11 nitrogen and oxygen atoms in total. The number of fused-ring (bicyclic) bond motifs is 1. The van der Waals surface area contributed by atoms with E-state index in [1.807, 2.05) is 23.0 Å². The average molecular weight is 509 g/mol. The smallest absolute Gasteiger partial charge is 0.341 e. The summed E-state index contributed by atoms with van der Waals surface area (Å²) in [7, 11) is 1.36. The maximum atomic E-state index is 12.5. The summed E-state index contributed by atoms with van der Waals surface area (Å²) in [4.78, 5) is 48.9. The van der Waals surface area contributed by atoms with Crippen molar-refractivity contribution < 1.29 is 19.4 Å². The van der Waals surface area contributed by atoms with Gasteiger partial charge < -0.3 is 29.5 Å². The standard InChI is InChI=1S/C21H28N6O5S2/c1-4-25-12-14(18(29)30)16(28)13-11-22-20(24-17(13)25)26-6-8-27(9-7-26)21(33)23-15(5-10-34-3)19(31)32-2/h11-12,15H,4-10H2,1-3H3,(H,23,33)(H,29,30)/t15-/m1/s1. The molecule has 3 heterocycles. The van der Waals surface area contributed by atoms with E-state index in [4.69, 9.17) is 17.0 Å². The minimum Gasteiger partial charge on any atom is -0.477 e. The fourth-order valence-corrected chi connectivity index (χ4v) is 4.48. The van der Waals surface area contributed by atoms with E-state index >= 15 is 0 Å². The molecule has 0 saturated carbocycles. The Bertz CT molecular complexity index is 1130. The van der Waals surface area contributed by atoms with Gasteiger partial charge in [0, 0.05) is 45.1 Å². The van der Waals surface area contributed by atoms with Crippen molar-refractivity contribution >= 4 is 58.0 Å². The number of aromatic carboxylic acids is 1. The number of hydrogen-bond acceptors (Lipinski definition) is 9. The van der Waals surface area contributed by atoms with Crippen molar-refractivity contribution in [2.24, 2.45) is 0 Å². The largest absolute Gasteiger partial charge is 0.477 e. The fraction of sp³-hybridized carbons (Fsp3) is 0.524. The van der Waals surface area contributed by atoms with E-state index in [1.54, 1.807) is 16.3 Å². The van der Waals surface area contributed by atoms with Crippen LogP contribution in [0.5, 0.6) is 0 Å². The molecule has 0 radical (unpaired) electrons. The summed E-state index contributed by atoms with van der Waals surface area (Å²) in [6.07, 6.45) is 5.30. The highest BCUT2D eigenvalue weighted by Crippen LogP contribution is 2.16. The third-order valence-corrected chi connectivity index (χ3v) is 6.64. The summed E-state index contributed by atoms with van der Waals surface area (Å²) in [5.41, 5.74) is -0.499. The third-order valence-electron chi connectivity index (χ3n) is 5.62. The summed E-state index contributed by atoms with van der Waals surface area (Å²) in [6, 6.07) is -0.492. The number of carbonyl (C=O) groups excluding carboxylic acids is 1. The van der Waals surface area contributed by atoms with Gasteiger partial charge in [-0.1, -0.05) is 0 Å². The van der Waals surface area contributed by atoms with Crippen LogP contribution in [-0.4, -0.2) is 92.9 Å². The molecule has 0 aromatic carbocycles. The lowest BCUT2D eigenvalue weighted by Gasteiger charge is -2.37. The van der Waals surface area contributed by atoms with E-state index in [0.29, 0.717) is 55.9 Å². The molecule has 2 N–H and O–H groups in total. The Morgan fingerprint density at radius 3 is 2.62 bits per heavy atom. The molecule has 184 valence electrons. The number of nitrogens with zero attached hydrogens (tertiary/aromatic N) is 5. The molecule has 1 fully saturated rings. The Balaban J connectivity index is 1.72. The SMILES string of the molecule is CCn1cc(C(=O)O)c(=O)c2cnc(N3CCN(C(=S)N[C@H](CCSC)C(=O)OC)CC3)nc21. The lowest BCUT2D eigenvalue weighted by atomic mass is 10.2. The molecule has 1 saturated heterocycles. The van der Waals surface area contributed by atoms with Crippen molar-refractivity contribution in [2.45, 2.75) is 25.9 Å². The number of piperazine rings is 1. The first-order valence-corrected chi connectivity index (χ1v) is 12.6. The number of carboxylic acids is 1. The molecule has 0 bridgehead atoms. The van der Waals surface area contributed by atoms with Crippen molar-refractivity contribution in [3.63, 3.8) is 0 Å². The van der Waals surface area contributed by atoms with Crippen molar-refractivity contribution in [1.82, 2.24) is 24.8 Å². The van der Waals surface area contributed by atoms with Crippen LogP contribution in [0.1, 0.15) is 23.7 Å². The maximum absolute atomic E-state index is 12.5. The minimum absolute atomic E-state index is 0.175. The second kappa shape index (κ2) is 11.5. The van der Waals surface area contributed by atoms with Crippen molar-refractivity contribution in [1.29, 1.82) is 0 Å². The van der Waals surface area contributed by atoms with Crippen molar-refractivity contribution in [3.8, 4) is 0 Å². The highest BCUT2D eigenvalue weighted by Gasteiger charge is 2.26. The number of anilines is 1. The average Bonchev–Trinajstić information content (AvgIpc) is 2.85. The zero-order chi connectivity index (χ0) is 24.8. The summed E-state index contributed by atoms with van der Waals surface area (Å²) in [6.45, 7) is 4.68. The number of thioether (sulfide) groups is 1. The number of rotatable bonds is 8. The monoisotopic (exact) mass is 508 g/mol. The third kappa shape index (κ3) is 5.58. The van der Waals surface area contributed by atoms with Crippen LogP contribution >= 0.6 is 24.0 Å². The summed E-state index contributed by atoms with van der Waals surface area (Å²) >= 11 is 7.18. The molecule has 0 unspecified atom stereocenters. The van der Waals surface area contributed by atoms with Gasteiger partial charge in [-0.3, -0.25) is 4.79 Å². The van der Waals surface area contributed by atoms with E-state index in [1.165, 1.54) is 19.5 Å². The molecule has 3 rings (SSSR count). The molecule has 0 aliphatic carbocycles. The van der Waals surface area contributed by atoms with Gasteiger partial charge in [0.15, 0.2) is 5.11 Å². The van der Waals surface area contributed by atoms with Crippen LogP contribution in [0, 0.1) is 0 Å². The number of hydrogen-bond donors (Lipinski definition) is 2. The number of methoxy groups -OCH3 is 1. The first kappa shape index (κ1) is 25.7. The van der Waals surface area contributed by atoms with Gasteiger partial charge in [-0.05, 0) is 37.6 Å². The van der Waals surface area contributed by atoms with E-state index in [-0.39, 0.29) is 16.9 Å². The number of aromatic nitrogens is 3. The molecular formula is C21H28N6O5S2. The predicted molar refractivity (Wildman–Crippen MR) is 135 cm³/mol. The molecule has 34 heavy (non-hydrogen) atoms. The zero-order valence-electron chi connectivity index (χ0n) is 19.3. The van der Waals surface area contributed by atoms with E-state index in [9.17, 15) is 19.5 Å². The van der Waals surface area contributed by atoms with E-state index in [0.717, 1.165) is 5.75 Å². The number of carboxylic acid groups (broad SMARTS) is 1. The number of aryl methyl sites for hydroxylation is 1. The molecule has 0 spiro atoms. The summed E-state index contributed by atoms with van der Waals surface area (Å²) in [5, 5.41) is 13.1. The Labute approximate surface area is 206 Å². The first-order valence-electron chi connectivity index (χ1n) is 10.8. The van der Waals surface area contributed by atoms with Gasteiger partial charge in [0.2, 0.25) is 11.4 Å². The Kier molecular flexibility index (Phi) is 8.67. The second-order valence-corrected chi connectivity index (χ2v) is 9.02. The molecule has 2 aromatic heterocycles. The second-order valence-electron chi connectivity index (χ2n) is 7.65. The highest BCUT2D eigenvalue weighted by molar-refractivity contribution is 7.98. The highest BCUT2D eigenvalue weighted by atomic mass is 32.2. The molecule has 1 aliphatic heterocycles. The van der Waals surface area contributed by atoms with Gasteiger partial charge in [-0.25, -0.2) is 14.6 Å². The predicted octanol–water partition coefficient (Wildman–Crippen LogP) is 0.801. The normalized spacial score (nSPS) is 14.7. The number of esters is 1. The number of ether oxygens (including phenoxy) is 1. The van der Waals surface area contributed by atoms with Crippen molar-refractivity contribution in [3.05, 3.63) is 28.2 Å². The quantitative estimate of drug-likeness (QED) is 0.386. The number of thiocarbonyl (C=S) groups is 1. The van der Waals surface area contributed by atoms with Crippen molar-refractivity contribution in [2.75, 3.05) is 50.2 Å². The fourth-order valence-electron chi connectivity index (χ4n) is 3.69. The van der Waals surface area contributed by atoms with Crippen LogP contribution in [0.15, 0.2) is 17.2 Å². The van der Waals surface area contributed by atoms with Crippen LogP contribution in [0.4, 0.5) is 5.95 Å². The van der Waals surface area contributed by atoms with Gasteiger partial charge in [0.1, 0.15) is 17.3 Å². The Hall–Kier alpha value is -2.93. The van der Waals surface area contributed by atoms with E-state index < -0.39 is 17.4 Å². The summed E-state index contributed by atoms with van der Waals surface area (Å²) < 4.78 is 6.53. The number of nitrogens with one attached hydrogen (secondary N) is 1. The Morgan fingerprint density at radius 2 is 2.03 bits per heavy atom. The molecule has 0 amide bonds. The van der Waals surface area contributed by atoms with Gasteiger partial charge in [-0.15, -0.1) is 0 Å². The number of pyridine rings is 1. The minimum atomic E-state index is -1.28. The lowest BCUT2D eigenvalue weighted by Crippen LogP contribution is -2.55. The van der Waals surface area contributed by atoms with E-state index in [2.05, 4.69) is 15.3 Å². The van der Waals surface area contributed by atoms with Gasteiger partial charge in [0.25, 0.3) is 0 Å². The molecule has 1 aliphatic rings. The maximum Gasteiger partial charge on any atom is 0.341 e. The summed E-state index contributed by atoms with van der Waals surface area (Å²) in [5.74, 6) is -0.350. The van der Waals surface area contributed by atoms with Crippen LogP contribution in [0.3, 0.4) is 0 Å². The number of carbonyl (C=O) groups is 2. The van der Waals surface area contributed by atoms with Crippen LogP contribution in [-0.2, 0) is 16.1 Å². The lowest BCUT2D eigenvalue weighted by molar-refractivity contribution is -0.142.